The van der Waals surface area contributed by atoms with E-state index < -0.39 is 51.5 Å². The number of carbonyl (C=O) groups excluding carboxylic acids is 2. The number of anilines is 1. The number of nitrogens with one attached hydrogen (secondary N) is 3. The number of aromatic nitrogens is 4. The van der Waals surface area contributed by atoms with Gasteiger partial charge in [-0.2, -0.15) is 23.4 Å². The summed E-state index contributed by atoms with van der Waals surface area (Å²) >= 11 is 0.983. The second-order valence-electron chi connectivity index (χ2n) is 9.49. The number of thiazole rings is 1. The molecule has 3 fully saturated rings. The van der Waals surface area contributed by atoms with E-state index in [1.165, 1.54) is 11.6 Å². The monoisotopic (exact) mass is 598 g/mol. The fraction of sp³-hybridized carbons (Fsp3) is 0.550. The molecule has 1 aliphatic carbocycles. The van der Waals surface area contributed by atoms with Gasteiger partial charge in [-0.1, -0.05) is 5.16 Å². The molecule has 0 spiro atoms. The first-order chi connectivity index (χ1) is 19.0. The number of hydrogen-bond donors (Lipinski definition) is 6. The quantitative estimate of drug-likeness (QED) is 0.0629. The minimum Gasteiger partial charge on any atom is -0.478 e. The number of nitrogens with two attached hydrogens (primary N) is 1. The highest BCUT2D eigenvalue weighted by atomic mass is 32.2. The van der Waals surface area contributed by atoms with Crippen LogP contribution in [0.5, 0.6) is 0 Å². The average Bonchev–Trinajstić information content (AvgIpc) is 3.22. The molecule has 0 radical (unpaired) electrons. The third-order valence-electron chi connectivity index (χ3n) is 6.66. The van der Waals surface area contributed by atoms with Gasteiger partial charge in [0.25, 0.3) is 11.8 Å². The SMILES string of the molecule is Nc1nc(/C(=N/OC2(C(=O)O)CC2)C(=O)N[C@@H]2C(=O)N(S(=O)(=O)O)[C@@H]2Cn2ncc(CNC3CCNC3)n2)cs1. The molecule has 2 aromatic heterocycles. The van der Waals surface area contributed by atoms with Crippen molar-refractivity contribution in [2.45, 2.75) is 56.1 Å². The van der Waals surface area contributed by atoms with Crippen LogP contribution in [0.3, 0.4) is 0 Å². The summed E-state index contributed by atoms with van der Waals surface area (Å²) in [6.45, 7) is 1.86. The summed E-state index contributed by atoms with van der Waals surface area (Å²) in [5.41, 5.74) is 4.14. The van der Waals surface area contributed by atoms with Gasteiger partial charge in [-0.15, -0.1) is 11.3 Å². The van der Waals surface area contributed by atoms with E-state index in [1.54, 1.807) is 0 Å². The summed E-state index contributed by atoms with van der Waals surface area (Å²) in [7, 11) is -4.97. The highest BCUT2D eigenvalue weighted by Gasteiger charge is 2.56. The minimum atomic E-state index is -4.97. The number of amides is 2. The van der Waals surface area contributed by atoms with E-state index in [2.05, 4.69) is 36.3 Å². The van der Waals surface area contributed by atoms with Gasteiger partial charge < -0.3 is 31.6 Å². The average molecular weight is 599 g/mol. The molecule has 1 unspecified atom stereocenters. The molecule has 18 nitrogen and oxygen atoms in total. The fourth-order valence-electron chi connectivity index (χ4n) is 4.29. The van der Waals surface area contributed by atoms with E-state index in [9.17, 15) is 32.5 Å². The van der Waals surface area contributed by atoms with E-state index >= 15 is 0 Å². The van der Waals surface area contributed by atoms with Crippen molar-refractivity contribution in [1.29, 1.82) is 0 Å². The molecule has 2 saturated heterocycles. The van der Waals surface area contributed by atoms with Gasteiger partial charge in [0.05, 0.1) is 18.4 Å². The van der Waals surface area contributed by atoms with Crippen LogP contribution in [0.15, 0.2) is 16.7 Å². The fourth-order valence-corrected chi connectivity index (χ4v) is 5.71. The Morgan fingerprint density at radius 1 is 1.38 bits per heavy atom. The summed E-state index contributed by atoms with van der Waals surface area (Å²) in [5, 5.41) is 31.8. The summed E-state index contributed by atoms with van der Waals surface area (Å²) in [5.74, 6) is -3.37. The van der Waals surface area contributed by atoms with Gasteiger partial charge in [0.15, 0.2) is 10.8 Å². The van der Waals surface area contributed by atoms with Crippen molar-refractivity contribution in [2.24, 2.45) is 5.16 Å². The van der Waals surface area contributed by atoms with Crippen LogP contribution in [0, 0.1) is 0 Å². The van der Waals surface area contributed by atoms with Crippen LogP contribution in [-0.4, -0.2) is 103 Å². The lowest BCUT2D eigenvalue weighted by molar-refractivity contribution is -0.153. The normalized spacial score (nSPS) is 24.0. The van der Waals surface area contributed by atoms with Crippen molar-refractivity contribution in [3.63, 3.8) is 0 Å². The summed E-state index contributed by atoms with van der Waals surface area (Å²) in [6, 6.07) is -2.43. The Morgan fingerprint density at radius 2 is 2.15 bits per heavy atom. The largest absolute Gasteiger partial charge is 0.478 e. The van der Waals surface area contributed by atoms with Gasteiger partial charge in [-0.3, -0.25) is 14.1 Å². The Kier molecular flexibility index (Phi) is 7.44. The van der Waals surface area contributed by atoms with Crippen LogP contribution < -0.4 is 21.7 Å². The highest BCUT2D eigenvalue weighted by molar-refractivity contribution is 7.84. The molecule has 0 bridgehead atoms. The standard InChI is InChI=1S/C20H26N10O8S2/c21-19-25-12(9-39-19)14(28-38-20(2-3-20)18(33)34)16(31)26-15-13(30(17(15)32)40(35,36)37)8-29-24-7-11(27-29)6-23-10-1-4-22-5-10/h7,9-10,13,15,22-23H,1-6,8H2,(H2,21,25)(H,26,31)(H,33,34)(H,35,36,37)/b28-14-/t10?,13-,15+/m1/s1. The molecule has 4 heterocycles. The van der Waals surface area contributed by atoms with Crippen LogP contribution >= 0.6 is 11.3 Å². The van der Waals surface area contributed by atoms with Crippen molar-refractivity contribution in [2.75, 3.05) is 18.8 Å². The number of oxime groups is 1. The van der Waals surface area contributed by atoms with Gasteiger partial charge in [-0.05, 0) is 13.0 Å². The minimum absolute atomic E-state index is 0.0421. The Bertz CT molecular complexity index is 1450. The van der Waals surface area contributed by atoms with Crippen molar-refractivity contribution in [3.05, 3.63) is 23.0 Å². The number of hydrogen-bond acceptors (Lipinski definition) is 14. The van der Waals surface area contributed by atoms with Crippen LogP contribution in [0.1, 0.15) is 30.7 Å². The third kappa shape index (κ3) is 5.75. The number of nitrogen functional groups attached to an aromatic ring is 1. The maximum Gasteiger partial charge on any atom is 0.362 e. The zero-order valence-corrected chi connectivity index (χ0v) is 22.4. The van der Waals surface area contributed by atoms with Gasteiger partial charge in [0.2, 0.25) is 5.60 Å². The first kappa shape index (κ1) is 27.8. The molecule has 2 amide bonds. The molecule has 3 aliphatic rings. The zero-order chi connectivity index (χ0) is 28.7. The topological polar surface area (TPSA) is 256 Å². The first-order valence-corrected chi connectivity index (χ1v) is 14.4. The molecule has 2 aliphatic heterocycles. The molecule has 2 aromatic rings. The number of aliphatic carboxylic acids is 1. The van der Waals surface area contributed by atoms with Crippen LogP contribution in [-0.2, 0) is 42.6 Å². The lowest BCUT2D eigenvalue weighted by Crippen LogP contribution is -2.73. The Morgan fingerprint density at radius 3 is 2.75 bits per heavy atom. The smallest absolute Gasteiger partial charge is 0.362 e. The third-order valence-corrected chi connectivity index (χ3v) is 8.28. The van der Waals surface area contributed by atoms with Crippen LogP contribution in [0.2, 0.25) is 0 Å². The number of nitrogens with zero attached hydrogens (tertiary/aromatic N) is 6. The molecule has 7 N–H and O–H groups in total. The van der Waals surface area contributed by atoms with Crippen LogP contribution in [0.4, 0.5) is 5.13 Å². The van der Waals surface area contributed by atoms with E-state index in [1.807, 2.05) is 0 Å². The summed E-state index contributed by atoms with van der Waals surface area (Å²) in [4.78, 5) is 47.6. The predicted octanol–water partition coefficient (Wildman–Crippen LogP) is -2.70. The number of rotatable bonds is 12. The van der Waals surface area contributed by atoms with Gasteiger partial charge in [-0.25, -0.2) is 14.1 Å². The molecule has 5 rings (SSSR count). The maximum absolute atomic E-state index is 13.2. The molecular formula is C20H26N10O8S2. The van der Waals surface area contributed by atoms with Gasteiger partial charge in [0, 0.05) is 37.4 Å². The zero-order valence-electron chi connectivity index (χ0n) is 20.8. The molecular weight excluding hydrogens is 572 g/mol. The lowest BCUT2D eigenvalue weighted by Gasteiger charge is -2.43. The maximum atomic E-state index is 13.2. The number of carbonyl (C=O) groups is 3. The Balaban J connectivity index is 1.32. The van der Waals surface area contributed by atoms with E-state index in [4.69, 9.17) is 10.6 Å². The number of β-lactam (4-membered cyclic amide) rings is 1. The van der Waals surface area contributed by atoms with Crippen molar-refractivity contribution in [1.82, 2.24) is 40.2 Å². The van der Waals surface area contributed by atoms with E-state index in [0.29, 0.717) is 12.2 Å². The molecule has 216 valence electrons. The van der Waals surface area contributed by atoms with Crippen molar-refractivity contribution in [3.8, 4) is 0 Å². The van der Waals surface area contributed by atoms with Gasteiger partial charge >= 0.3 is 16.3 Å². The molecule has 3 atom stereocenters. The Labute approximate surface area is 230 Å². The van der Waals surface area contributed by atoms with E-state index in [-0.39, 0.29) is 40.6 Å². The number of carboxylic acid groups (broad SMARTS) is 1. The highest BCUT2D eigenvalue weighted by Crippen LogP contribution is 2.40. The first-order valence-electron chi connectivity index (χ1n) is 12.1. The van der Waals surface area contributed by atoms with Gasteiger partial charge in [0.1, 0.15) is 17.8 Å². The van der Waals surface area contributed by atoms with E-state index in [0.717, 1.165) is 35.6 Å². The lowest BCUT2D eigenvalue weighted by atomic mass is 9.98. The van der Waals surface area contributed by atoms with Crippen molar-refractivity contribution < 1.29 is 37.3 Å². The Hall–Kier alpha value is -3.72. The second-order valence-corrected chi connectivity index (χ2v) is 11.7. The molecule has 0 aromatic carbocycles. The van der Waals surface area contributed by atoms with Crippen molar-refractivity contribution >= 4 is 50.3 Å². The molecule has 1 saturated carbocycles. The predicted molar refractivity (Wildman–Crippen MR) is 136 cm³/mol. The summed E-state index contributed by atoms with van der Waals surface area (Å²) < 4.78 is 33.7. The molecule has 40 heavy (non-hydrogen) atoms. The summed E-state index contributed by atoms with van der Waals surface area (Å²) in [6.07, 6.45) is 2.80. The molecule has 20 heteroatoms. The second kappa shape index (κ2) is 10.7. The number of carboxylic acids is 1. The van der Waals surface area contributed by atoms with Crippen LogP contribution in [0.25, 0.3) is 0 Å².